The molecule has 2 atom stereocenters. The summed E-state index contributed by atoms with van der Waals surface area (Å²) in [4.78, 5) is 56.5. The van der Waals surface area contributed by atoms with Crippen molar-refractivity contribution in [3.63, 3.8) is 0 Å². The second-order valence-electron chi connectivity index (χ2n) is 14.5. The quantitative estimate of drug-likeness (QED) is 0.0777. The van der Waals surface area contributed by atoms with E-state index in [4.69, 9.17) is 28.4 Å². The Balaban J connectivity index is 2.15. The molecule has 0 heterocycles. The zero-order valence-corrected chi connectivity index (χ0v) is 31.4. The van der Waals surface area contributed by atoms with Crippen LogP contribution in [0.25, 0.3) is 0 Å². The van der Waals surface area contributed by atoms with Gasteiger partial charge in [-0.25, -0.2) is 19.2 Å². The van der Waals surface area contributed by atoms with Crippen molar-refractivity contribution in [3.8, 4) is 0 Å². The van der Waals surface area contributed by atoms with E-state index in [1.807, 2.05) is 60.7 Å². The van der Waals surface area contributed by atoms with Crippen LogP contribution in [0.2, 0.25) is 0 Å². The summed E-state index contributed by atoms with van der Waals surface area (Å²) in [7, 11) is 2.86. The van der Waals surface area contributed by atoms with Gasteiger partial charge in [-0.1, -0.05) is 60.7 Å². The number of hydrogen-bond donors (Lipinski definition) is 0. The molecule has 0 radical (unpaired) electrons. The molecule has 12 nitrogen and oxygen atoms in total. The average molecular weight is 701 g/mol. The van der Waals surface area contributed by atoms with Crippen molar-refractivity contribution >= 4 is 24.1 Å². The minimum absolute atomic E-state index is 0.00486. The molecule has 278 valence electrons. The topological polar surface area (TPSA) is 130 Å². The van der Waals surface area contributed by atoms with Crippen LogP contribution in [0.1, 0.15) is 79.4 Å². The first-order chi connectivity index (χ1) is 23.4. The van der Waals surface area contributed by atoms with Crippen molar-refractivity contribution in [1.29, 1.82) is 0 Å². The number of methoxy groups -OCH3 is 2. The lowest BCUT2D eigenvalue weighted by Gasteiger charge is -2.39. The smallest absolute Gasteiger partial charge is 0.413 e. The highest BCUT2D eigenvalue weighted by molar-refractivity contribution is 5.86. The molecule has 2 amide bonds. The number of esters is 2. The van der Waals surface area contributed by atoms with E-state index >= 15 is 0 Å². The molecule has 0 bridgehead atoms. The summed E-state index contributed by atoms with van der Waals surface area (Å²) >= 11 is 0. The molecule has 0 aromatic heterocycles. The van der Waals surface area contributed by atoms with E-state index in [1.165, 1.54) is 24.0 Å². The number of rotatable bonds is 17. The van der Waals surface area contributed by atoms with Crippen LogP contribution < -0.4 is 0 Å². The second-order valence-corrected chi connectivity index (χ2v) is 14.5. The maximum Gasteiger partial charge on any atom is 0.413 e. The maximum absolute atomic E-state index is 13.7. The molecule has 0 N–H and O–H groups in total. The first-order valence-corrected chi connectivity index (χ1v) is 16.8. The highest BCUT2D eigenvalue weighted by Gasteiger charge is 2.47. The summed E-state index contributed by atoms with van der Waals surface area (Å²) in [5, 5.41) is 0. The predicted molar refractivity (Wildman–Crippen MR) is 188 cm³/mol. The average Bonchev–Trinajstić information content (AvgIpc) is 3.02. The Labute approximate surface area is 297 Å². The number of benzene rings is 2. The number of unbranched alkanes of at least 4 members (excludes halogenated alkanes) is 1. The van der Waals surface area contributed by atoms with Crippen LogP contribution >= 0.6 is 0 Å². The molecular formula is C38H56N2O10. The molecule has 0 saturated carbocycles. The van der Waals surface area contributed by atoms with Crippen LogP contribution in [0, 0.1) is 0 Å². The maximum atomic E-state index is 13.7. The first-order valence-electron chi connectivity index (χ1n) is 16.8. The largest absolute Gasteiger partial charge is 0.464 e. The van der Waals surface area contributed by atoms with Crippen molar-refractivity contribution in [3.05, 3.63) is 71.8 Å². The van der Waals surface area contributed by atoms with Gasteiger partial charge in [-0.2, -0.15) is 0 Å². The van der Waals surface area contributed by atoms with Gasteiger partial charge in [-0.05, 0) is 79.4 Å². The van der Waals surface area contributed by atoms with Gasteiger partial charge < -0.3 is 28.4 Å². The number of nitrogens with zero attached hydrogens (tertiary/aromatic N) is 2. The fraction of sp³-hybridized carbons (Fsp3) is 0.579. The molecule has 0 aliphatic carbocycles. The highest BCUT2D eigenvalue weighted by Crippen LogP contribution is 2.28. The molecule has 0 saturated heterocycles. The minimum Gasteiger partial charge on any atom is -0.464 e. The molecule has 50 heavy (non-hydrogen) atoms. The van der Waals surface area contributed by atoms with Gasteiger partial charge in [0.05, 0.1) is 13.2 Å². The zero-order chi connectivity index (χ0) is 37.6. The minimum atomic E-state index is -1.46. The highest BCUT2D eigenvalue weighted by atomic mass is 16.6. The lowest BCUT2D eigenvalue weighted by Crippen LogP contribution is -2.58. The van der Waals surface area contributed by atoms with Crippen LogP contribution in [-0.2, 0) is 50.9 Å². The molecule has 0 fully saturated rings. The third kappa shape index (κ3) is 12.9. The third-order valence-corrected chi connectivity index (χ3v) is 7.60. The zero-order valence-electron chi connectivity index (χ0n) is 31.4. The van der Waals surface area contributed by atoms with E-state index in [-0.39, 0.29) is 39.5 Å². The fourth-order valence-electron chi connectivity index (χ4n) is 5.07. The van der Waals surface area contributed by atoms with Gasteiger partial charge in [0.25, 0.3) is 0 Å². The SMILES string of the molecule is COCN(C(=O)OC(C)(C)C)[C@](C)(Cc1ccccc1)C(=O)OCCCCOC(=O)[C@@](C)(Cc1ccccc1)N(COC)C(=O)OC(C)(C)C. The van der Waals surface area contributed by atoms with Crippen molar-refractivity contribution in [2.45, 2.75) is 103 Å². The van der Waals surface area contributed by atoms with Crippen molar-refractivity contribution in [2.24, 2.45) is 0 Å². The van der Waals surface area contributed by atoms with Gasteiger partial charge >= 0.3 is 24.1 Å². The van der Waals surface area contributed by atoms with E-state index in [0.29, 0.717) is 12.8 Å². The standard InChI is InChI=1S/C38H56N2O10/c1-35(2,3)49-33(43)39(27-45-9)37(7,25-29-19-13-11-14-20-29)31(41)47-23-17-18-24-48-32(42)38(8,26-30-21-15-12-16-22-30)40(28-46-10)34(44)50-36(4,5)6/h11-16,19-22H,17-18,23-28H2,1-10H3/t37-,38-/m1/s1. The van der Waals surface area contributed by atoms with Crippen LogP contribution in [0.5, 0.6) is 0 Å². The number of hydrogen-bond acceptors (Lipinski definition) is 10. The summed E-state index contributed by atoms with van der Waals surface area (Å²) in [6.45, 7) is 13.3. The van der Waals surface area contributed by atoms with Gasteiger partial charge in [-0.3, -0.25) is 9.80 Å². The van der Waals surface area contributed by atoms with Crippen LogP contribution in [0.15, 0.2) is 60.7 Å². The molecule has 0 spiro atoms. The van der Waals surface area contributed by atoms with E-state index < -0.39 is 46.4 Å². The van der Waals surface area contributed by atoms with Crippen molar-refractivity contribution in [1.82, 2.24) is 9.80 Å². The lowest BCUT2D eigenvalue weighted by atomic mass is 9.91. The molecule has 2 aromatic carbocycles. The fourth-order valence-corrected chi connectivity index (χ4v) is 5.07. The number of carbonyl (C=O) groups excluding carboxylic acids is 4. The van der Waals surface area contributed by atoms with E-state index in [2.05, 4.69) is 0 Å². The van der Waals surface area contributed by atoms with Gasteiger partial charge in [0.2, 0.25) is 0 Å². The summed E-state index contributed by atoms with van der Waals surface area (Å²) in [5.74, 6) is -1.27. The van der Waals surface area contributed by atoms with Crippen molar-refractivity contribution < 1.29 is 47.6 Å². The van der Waals surface area contributed by atoms with Crippen LogP contribution in [-0.4, -0.2) is 97.1 Å². The summed E-state index contributed by atoms with van der Waals surface area (Å²) in [6, 6.07) is 18.6. The van der Waals surface area contributed by atoms with Gasteiger partial charge in [0, 0.05) is 27.1 Å². The van der Waals surface area contributed by atoms with Crippen molar-refractivity contribution in [2.75, 3.05) is 40.9 Å². The summed E-state index contributed by atoms with van der Waals surface area (Å²) in [5.41, 5.74) is -2.90. The summed E-state index contributed by atoms with van der Waals surface area (Å²) < 4.78 is 33.3. The lowest BCUT2D eigenvalue weighted by molar-refractivity contribution is -0.162. The number of carbonyl (C=O) groups is 4. The Kier molecular flexibility index (Phi) is 15.7. The molecule has 0 aliphatic heterocycles. The first kappa shape index (κ1) is 42.0. The third-order valence-electron chi connectivity index (χ3n) is 7.60. The van der Waals surface area contributed by atoms with E-state index in [1.54, 1.807) is 55.4 Å². The Hall–Kier alpha value is -4.16. The molecule has 2 rings (SSSR count). The second kappa shape index (κ2) is 18.7. The van der Waals surface area contributed by atoms with Gasteiger partial charge in [0.1, 0.15) is 35.7 Å². The van der Waals surface area contributed by atoms with E-state index in [9.17, 15) is 19.2 Å². The van der Waals surface area contributed by atoms with Gasteiger partial charge in [-0.15, -0.1) is 0 Å². The van der Waals surface area contributed by atoms with Crippen LogP contribution in [0.4, 0.5) is 9.59 Å². The molecule has 12 heteroatoms. The summed E-state index contributed by atoms with van der Waals surface area (Å²) in [6.07, 6.45) is -0.394. The normalized spacial score (nSPS) is 14.0. The Morgan fingerprint density at radius 3 is 1.14 bits per heavy atom. The predicted octanol–water partition coefficient (Wildman–Crippen LogP) is 6.54. The Morgan fingerprint density at radius 2 is 0.860 bits per heavy atom. The Morgan fingerprint density at radius 1 is 0.540 bits per heavy atom. The molecule has 0 aliphatic rings. The van der Waals surface area contributed by atoms with E-state index in [0.717, 1.165) is 11.1 Å². The van der Waals surface area contributed by atoms with Crippen LogP contribution in [0.3, 0.4) is 0 Å². The monoisotopic (exact) mass is 700 g/mol. The molecule has 2 aromatic rings. The number of amides is 2. The Bertz CT molecular complexity index is 1270. The molecular weight excluding hydrogens is 644 g/mol. The number of ether oxygens (including phenoxy) is 6. The van der Waals surface area contributed by atoms with Gasteiger partial charge in [0.15, 0.2) is 0 Å². The molecule has 0 unspecified atom stereocenters.